The zero-order chi connectivity index (χ0) is 23.2. The number of benzene rings is 3. The number of para-hydroxylation sites is 1. The van der Waals surface area contributed by atoms with Crippen molar-refractivity contribution < 1.29 is 33.6 Å². The molecule has 1 N–H and O–H groups in total. The number of carbonyl (C=O) groups excluding carboxylic acids is 1. The van der Waals surface area contributed by atoms with Crippen molar-refractivity contribution in [3.05, 3.63) is 83.4 Å². The van der Waals surface area contributed by atoms with Crippen molar-refractivity contribution in [3.63, 3.8) is 0 Å². The molecule has 3 aromatic rings. The lowest BCUT2D eigenvalue weighted by Gasteiger charge is -2.24. The Balaban J connectivity index is 1.54. The molecule has 0 atom stereocenters. The molecule has 0 aliphatic carbocycles. The molecule has 8 heteroatoms. The number of methoxy groups -OCH3 is 1. The fraction of sp³-hybridized carbons (Fsp3) is 0.200. The molecule has 0 bridgehead atoms. The molecule has 0 aromatic heterocycles. The first-order valence-electron chi connectivity index (χ1n) is 10.3. The molecule has 33 heavy (non-hydrogen) atoms. The molecular weight excluding hydrogens is 426 g/mol. The summed E-state index contributed by atoms with van der Waals surface area (Å²) in [4.78, 5) is 26.4. The Kier molecular flexibility index (Phi) is 6.64. The fourth-order valence-corrected chi connectivity index (χ4v) is 3.51. The van der Waals surface area contributed by atoms with E-state index in [1.165, 1.54) is 13.2 Å². The van der Waals surface area contributed by atoms with Gasteiger partial charge in [-0.3, -0.25) is 4.79 Å². The Bertz CT molecular complexity index is 1150. The van der Waals surface area contributed by atoms with Crippen molar-refractivity contribution in [1.29, 1.82) is 0 Å². The van der Waals surface area contributed by atoms with Crippen LogP contribution in [-0.2, 0) is 17.9 Å². The summed E-state index contributed by atoms with van der Waals surface area (Å²) >= 11 is 0. The minimum Gasteiger partial charge on any atom is -0.493 e. The molecule has 0 spiro atoms. The maximum absolute atomic E-state index is 13.2. The van der Waals surface area contributed by atoms with Gasteiger partial charge in [-0.25, -0.2) is 4.79 Å². The van der Waals surface area contributed by atoms with Gasteiger partial charge in [-0.1, -0.05) is 42.5 Å². The van der Waals surface area contributed by atoms with E-state index in [0.29, 0.717) is 24.6 Å². The van der Waals surface area contributed by atoms with E-state index in [0.717, 1.165) is 11.1 Å². The third kappa shape index (κ3) is 5.17. The van der Waals surface area contributed by atoms with E-state index in [2.05, 4.69) is 0 Å². The zero-order valence-corrected chi connectivity index (χ0v) is 18.0. The van der Waals surface area contributed by atoms with Crippen LogP contribution in [-0.4, -0.2) is 42.4 Å². The maximum atomic E-state index is 13.2. The van der Waals surface area contributed by atoms with Gasteiger partial charge in [0.25, 0.3) is 5.91 Å². The van der Waals surface area contributed by atoms with E-state index >= 15 is 0 Å². The molecule has 170 valence electrons. The number of amides is 1. The van der Waals surface area contributed by atoms with Gasteiger partial charge in [-0.2, -0.15) is 0 Å². The SMILES string of the molecule is COc1cccc(C(=O)O)c1OCC(=O)N(Cc1ccccc1)Cc1ccc2c(c1)OCO2. The topological polar surface area (TPSA) is 94.5 Å². The van der Waals surface area contributed by atoms with Crippen molar-refractivity contribution in [3.8, 4) is 23.0 Å². The fourth-order valence-electron chi connectivity index (χ4n) is 3.51. The summed E-state index contributed by atoms with van der Waals surface area (Å²) in [5.74, 6) is 0.0876. The second-order valence-electron chi connectivity index (χ2n) is 7.35. The van der Waals surface area contributed by atoms with Gasteiger partial charge in [-0.05, 0) is 35.4 Å². The predicted octanol–water partition coefficient (Wildman–Crippen LogP) is 3.73. The van der Waals surface area contributed by atoms with E-state index < -0.39 is 5.97 Å². The number of carbonyl (C=O) groups is 2. The summed E-state index contributed by atoms with van der Waals surface area (Å²) in [6, 6.07) is 19.7. The van der Waals surface area contributed by atoms with Gasteiger partial charge in [-0.15, -0.1) is 0 Å². The van der Waals surface area contributed by atoms with Gasteiger partial charge in [0, 0.05) is 13.1 Å². The Morgan fingerprint density at radius 2 is 1.70 bits per heavy atom. The number of fused-ring (bicyclic) bond motifs is 1. The summed E-state index contributed by atoms with van der Waals surface area (Å²) in [6.45, 7) is 0.489. The summed E-state index contributed by atoms with van der Waals surface area (Å²) in [5.41, 5.74) is 1.75. The molecule has 3 aromatic carbocycles. The zero-order valence-electron chi connectivity index (χ0n) is 18.0. The molecule has 4 rings (SSSR count). The van der Waals surface area contributed by atoms with Crippen LogP contribution in [0, 0.1) is 0 Å². The van der Waals surface area contributed by atoms with Gasteiger partial charge >= 0.3 is 5.97 Å². The van der Waals surface area contributed by atoms with E-state index in [4.69, 9.17) is 18.9 Å². The molecule has 8 nitrogen and oxygen atoms in total. The Labute approximate surface area is 190 Å². The quantitative estimate of drug-likeness (QED) is 0.532. The van der Waals surface area contributed by atoms with Crippen molar-refractivity contribution in [2.75, 3.05) is 20.5 Å². The highest BCUT2D eigenvalue weighted by molar-refractivity contribution is 5.92. The van der Waals surface area contributed by atoms with Crippen LogP contribution in [0.2, 0.25) is 0 Å². The highest BCUT2D eigenvalue weighted by Gasteiger charge is 2.21. The second-order valence-corrected chi connectivity index (χ2v) is 7.35. The smallest absolute Gasteiger partial charge is 0.339 e. The van der Waals surface area contributed by atoms with Crippen LogP contribution in [0.5, 0.6) is 23.0 Å². The van der Waals surface area contributed by atoms with Gasteiger partial charge in [0.2, 0.25) is 6.79 Å². The summed E-state index contributed by atoms with van der Waals surface area (Å²) in [6.07, 6.45) is 0. The largest absolute Gasteiger partial charge is 0.493 e. The molecule has 0 unspecified atom stereocenters. The molecule has 1 aliphatic rings. The summed E-state index contributed by atoms with van der Waals surface area (Å²) < 4.78 is 21.7. The number of hydrogen-bond donors (Lipinski definition) is 1. The number of ether oxygens (including phenoxy) is 4. The van der Waals surface area contributed by atoms with Gasteiger partial charge in [0.1, 0.15) is 5.56 Å². The average Bonchev–Trinajstić information content (AvgIpc) is 3.30. The van der Waals surface area contributed by atoms with Crippen LogP contribution >= 0.6 is 0 Å². The van der Waals surface area contributed by atoms with Gasteiger partial charge in [0.15, 0.2) is 29.6 Å². The van der Waals surface area contributed by atoms with Crippen LogP contribution in [0.4, 0.5) is 0 Å². The molecule has 1 heterocycles. The van der Waals surface area contributed by atoms with E-state index in [9.17, 15) is 14.7 Å². The minimum atomic E-state index is -1.17. The minimum absolute atomic E-state index is 0.0172. The van der Waals surface area contributed by atoms with Crippen LogP contribution in [0.15, 0.2) is 66.7 Å². The molecule has 0 saturated carbocycles. The van der Waals surface area contributed by atoms with Crippen molar-refractivity contribution in [1.82, 2.24) is 4.90 Å². The number of nitrogens with zero attached hydrogens (tertiary/aromatic N) is 1. The highest BCUT2D eigenvalue weighted by atomic mass is 16.7. The van der Waals surface area contributed by atoms with Crippen LogP contribution < -0.4 is 18.9 Å². The third-order valence-electron chi connectivity index (χ3n) is 5.15. The molecule has 0 saturated heterocycles. The number of carboxylic acids is 1. The number of aromatic carboxylic acids is 1. The lowest BCUT2D eigenvalue weighted by atomic mass is 10.1. The van der Waals surface area contributed by atoms with Crippen molar-refractivity contribution in [2.45, 2.75) is 13.1 Å². The van der Waals surface area contributed by atoms with Crippen molar-refractivity contribution >= 4 is 11.9 Å². The third-order valence-corrected chi connectivity index (χ3v) is 5.15. The lowest BCUT2D eigenvalue weighted by molar-refractivity contribution is -0.134. The Hall–Kier alpha value is -4.20. The van der Waals surface area contributed by atoms with Crippen LogP contribution in [0.3, 0.4) is 0 Å². The molecule has 0 radical (unpaired) electrons. The summed E-state index contributed by atoms with van der Waals surface area (Å²) in [5, 5.41) is 9.47. The van der Waals surface area contributed by atoms with E-state index in [-0.39, 0.29) is 36.4 Å². The van der Waals surface area contributed by atoms with E-state index in [1.54, 1.807) is 17.0 Å². The first-order valence-corrected chi connectivity index (χ1v) is 10.3. The predicted molar refractivity (Wildman–Crippen MR) is 119 cm³/mol. The van der Waals surface area contributed by atoms with Gasteiger partial charge in [0.05, 0.1) is 7.11 Å². The second kappa shape index (κ2) is 9.95. The first kappa shape index (κ1) is 22.0. The Morgan fingerprint density at radius 3 is 2.45 bits per heavy atom. The maximum Gasteiger partial charge on any atom is 0.339 e. The summed E-state index contributed by atoms with van der Waals surface area (Å²) in [7, 11) is 1.41. The average molecular weight is 449 g/mol. The number of carboxylic acid groups (broad SMARTS) is 1. The Morgan fingerprint density at radius 1 is 0.939 bits per heavy atom. The first-order chi connectivity index (χ1) is 16.0. The normalized spacial score (nSPS) is 11.7. The molecule has 1 amide bonds. The molecule has 0 fully saturated rings. The highest BCUT2D eigenvalue weighted by Crippen LogP contribution is 2.33. The van der Waals surface area contributed by atoms with Crippen LogP contribution in [0.25, 0.3) is 0 Å². The number of rotatable bonds is 9. The van der Waals surface area contributed by atoms with Crippen molar-refractivity contribution in [2.24, 2.45) is 0 Å². The standard InChI is InChI=1S/C25H23NO7/c1-30-21-9-5-8-19(25(28)29)24(21)31-15-23(27)26(13-17-6-3-2-4-7-17)14-18-10-11-20-22(12-18)33-16-32-20/h2-12H,13-16H2,1H3,(H,28,29). The van der Waals surface area contributed by atoms with Crippen LogP contribution in [0.1, 0.15) is 21.5 Å². The number of hydrogen-bond acceptors (Lipinski definition) is 6. The van der Waals surface area contributed by atoms with E-state index in [1.807, 2.05) is 48.5 Å². The monoisotopic (exact) mass is 449 g/mol. The lowest BCUT2D eigenvalue weighted by Crippen LogP contribution is -2.34. The molecular formula is C25H23NO7. The molecule has 1 aliphatic heterocycles. The van der Waals surface area contributed by atoms with Gasteiger partial charge < -0.3 is 29.0 Å².